The normalized spacial score (nSPS) is 19.3. The molecule has 0 bridgehead atoms. The number of aromatic nitrogens is 2. The van der Waals surface area contributed by atoms with Crippen LogP contribution < -0.4 is 10.2 Å². The number of anilines is 1. The van der Waals surface area contributed by atoms with Gasteiger partial charge in [0.1, 0.15) is 6.07 Å². The first kappa shape index (κ1) is 19.4. The van der Waals surface area contributed by atoms with Crippen LogP contribution >= 0.6 is 0 Å². The van der Waals surface area contributed by atoms with E-state index in [0.717, 1.165) is 25.2 Å². The smallest absolute Gasteiger partial charge is 0.269 e. The predicted molar refractivity (Wildman–Crippen MR) is 112 cm³/mol. The Kier molecular flexibility index (Phi) is 5.03. The lowest BCUT2D eigenvalue weighted by Crippen LogP contribution is -2.38. The lowest BCUT2D eigenvalue weighted by Gasteiger charge is -2.31. The van der Waals surface area contributed by atoms with E-state index in [4.69, 9.17) is 0 Å². The van der Waals surface area contributed by atoms with E-state index in [1.54, 1.807) is 36.4 Å². The number of rotatable bonds is 5. The summed E-state index contributed by atoms with van der Waals surface area (Å²) in [6, 6.07) is 12.5. The second-order valence-electron chi connectivity index (χ2n) is 7.30. The van der Waals surface area contributed by atoms with Crippen molar-refractivity contribution >= 4 is 26.7 Å². The minimum Gasteiger partial charge on any atom is -0.368 e. The second-order valence-corrected chi connectivity index (χ2v) is 9.12. The summed E-state index contributed by atoms with van der Waals surface area (Å²) in [4.78, 5) is 6.64. The molecule has 0 aliphatic carbocycles. The van der Waals surface area contributed by atoms with E-state index in [-0.39, 0.29) is 10.9 Å². The summed E-state index contributed by atoms with van der Waals surface area (Å²) >= 11 is 0. The van der Waals surface area contributed by atoms with E-state index in [1.165, 1.54) is 16.4 Å². The van der Waals surface area contributed by atoms with Gasteiger partial charge in [-0.3, -0.25) is 0 Å². The van der Waals surface area contributed by atoms with Crippen molar-refractivity contribution in [1.82, 2.24) is 14.3 Å². The van der Waals surface area contributed by atoms with Gasteiger partial charge in [-0.2, -0.15) is 5.26 Å². The summed E-state index contributed by atoms with van der Waals surface area (Å²) in [5.41, 5.74) is 1.50. The van der Waals surface area contributed by atoms with Crippen molar-refractivity contribution in [3.8, 4) is 6.07 Å². The Labute approximate surface area is 170 Å². The molecule has 0 radical (unpaired) electrons. The maximum absolute atomic E-state index is 13.1. The molecule has 150 valence electrons. The van der Waals surface area contributed by atoms with Crippen LogP contribution in [-0.4, -0.2) is 43.6 Å². The van der Waals surface area contributed by atoms with Crippen LogP contribution in [0.2, 0.25) is 0 Å². The molecule has 0 saturated carbocycles. The second kappa shape index (κ2) is 7.50. The zero-order valence-corrected chi connectivity index (χ0v) is 17.2. The van der Waals surface area contributed by atoms with Crippen LogP contribution in [0.1, 0.15) is 18.9 Å². The number of nitrogens with one attached hydrogen (secondary N) is 1. The maximum Gasteiger partial charge on any atom is 0.269 e. The van der Waals surface area contributed by atoms with Crippen LogP contribution in [-0.2, 0) is 10.0 Å². The highest BCUT2D eigenvalue weighted by Gasteiger charge is 2.32. The molecular weight excluding hydrogens is 386 g/mol. The summed E-state index contributed by atoms with van der Waals surface area (Å²) in [6.45, 7) is 3.92. The number of hydrogen-bond donors (Lipinski definition) is 1. The van der Waals surface area contributed by atoms with Gasteiger partial charge < -0.3 is 10.2 Å². The van der Waals surface area contributed by atoms with E-state index in [0.29, 0.717) is 22.5 Å². The fourth-order valence-electron chi connectivity index (χ4n) is 4.17. The largest absolute Gasteiger partial charge is 0.368 e. The Morgan fingerprint density at radius 2 is 2.03 bits per heavy atom. The highest BCUT2D eigenvalue weighted by atomic mass is 32.2. The van der Waals surface area contributed by atoms with E-state index < -0.39 is 10.0 Å². The molecule has 0 unspecified atom stereocenters. The van der Waals surface area contributed by atoms with Crippen LogP contribution in [0.5, 0.6) is 0 Å². The molecule has 2 aromatic heterocycles. The molecule has 2 atom stereocenters. The third-order valence-electron chi connectivity index (χ3n) is 5.75. The monoisotopic (exact) mass is 409 g/mol. The van der Waals surface area contributed by atoms with Crippen LogP contribution in [0.25, 0.3) is 11.0 Å². The lowest BCUT2D eigenvalue weighted by atomic mass is 9.98. The molecule has 1 N–H and O–H groups in total. The summed E-state index contributed by atoms with van der Waals surface area (Å²) in [5, 5.41) is 13.8. The summed E-state index contributed by atoms with van der Waals surface area (Å²) in [7, 11) is -1.81. The molecule has 1 fully saturated rings. The fourth-order valence-corrected chi connectivity index (χ4v) is 5.49. The van der Waals surface area contributed by atoms with Crippen LogP contribution in [0, 0.1) is 17.2 Å². The molecule has 4 rings (SSSR count). The van der Waals surface area contributed by atoms with E-state index in [9.17, 15) is 13.7 Å². The summed E-state index contributed by atoms with van der Waals surface area (Å²) < 4.78 is 27.5. The number of pyridine rings is 1. The number of nitrogens with zero attached hydrogens (tertiary/aromatic N) is 4. The Bertz CT molecular complexity index is 1180. The molecule has 8 heteroatoms. The van der Waals surface area contributed by atoms with Gasteiger partial charge in [-0.1, -0.05) is 31.5 Å². The van der Waals surface area contributed by atoms with Crippen molar-refractivity contribution in [3.05, 3.63) is 54.4 Å². The summed E-state index contributed by atoms with van der Waals surface area (Å²) in [6.07, 6.45) is 4.01. The molecule has 0 spiro atoms. The van der Waals surface area contributed by atoms with Crippen LogP contribution in [0.4, 0.5) is 5.69 Å². The zero-order valence-electron chi connectivity index (χ0n) is 16.4. The molecular formula is C21H23N5O2S. The molecule has 7 nitrogen and oxygen atoms in total. The average molecular weight is 410 g/mol. The number of nitriles is 1. The molecule has 1 aliphatic heterocycles. The van der Waals surface area contributed by atoms with Crippen LogP contribution in [0.3, 0.4) is 0 Å². The number of benzene rings is 1. The zero-order chi connectivity index (χ0) is 20.6. The van der Waals surface area contributed by atoms with Crippen LogP contribution in [0.15, 0.2) is 53.7 Å². The Morgan fingerprint density at radius 3 is 2.72 bits per heavy atom. The molecule has 29 heavy (non-hydrogen) atoms. The first-order chi connectivity index (χ1) is 14.0. The first-order valence-electron chi connectivity index (χ1n) is 9.63. The van der Waals surface area contributed by atoms with Gasteiger partial charge in [-0.05, 0) is 24.1 Å². The van der Waals surface area contributed by atoms with Gasteiger partial charge >= 0.3 is 0 Å². The standard InChI is InChI=1S/C21H23N5O2S/c1-3-15-12-23-14-19(15)25(2)20-16(11-22)13-24-21-18(20)9-10-26(21)29(27,28)17-7-5-4-6-8-17/h4-10,13,15,19,23H,3,12,14H2,1-2H3/t15-,19+/m0/s1. The average Bonchev–Trinajstić information content (AvgIpc) is 3.40. The van der Waals surface area contributed by atoms with Crippen molar-refractivity contribution in [1.29, 1.82) is 5.26 Å². The number of fused-ring (bicyclic) bond motifs is 1. The van der Waals surface area contributed by atoms with Crippen molar-refractivity contribution in [2.75, 3.05) is 25.0 Å². The third kappa shape index (κ3) is 3.16. The molecule has 1 aliphatic rings. The minimum atomic E-state index is -3.78. The number of likely N-dealkylation sites (N-methyl/N-ethyl adjacent to an activating group) is 1. The molecule has 3 heterocycles. The lowest BCUT2D eigenvalue weighted by molar-refractivity contribution is 0.482. The van der Waals surface area contributed by atoms with Gasteiger partial charge in [0.2, 0.25) is 0 Å². The van der Waals surface area contributed by atoms with Crippen molar-refractivity contribution < 1.29 is 8.42 Å². The molecule has 1 saturated heterocycles. The van der Waals surface area contributed by atoms with Gasteiger partial charge in [-0.25, -0.2) is 17.4 Å². The van der Waals surface area contributed by atoms with Crippen molar-refractivity contribution in [2.24, 2.45) is 5.92 Å². The first-order valence-corrected chi connectivity index (χ1v) is 11.1. The van der Waals surface area contributed by atoms with E-state index >= 15 is 0 Å². The number of hydrogen-bond acceptors (Lipinski definition) is 6. The minimum absolute atomic E-state index is 0.199. The SMILES string of the molecule is CC[C@H]1CNC[C@H]1N(C)c1c(C#N)cnc2c1ccn2S(=O)(=O)c1ccccc1. The van der Waals surface area contributed by atoms with Crippen molar-refractivity contribution in [2.45, 2.75) is 24.3 Å². The highest BCUT2D eigenvalue weighted by molar-refractivity contribution is 7.90. The Hall–Kier alpha value is -2.89. The Balaban J connectivity index is 1.88. The van der Waals surface area contributed by atoms with Gasteiger partial charge in [0.05, 0.1) is 16.1 Å². The fraction of sp³-hybridized carbons (Fsp3) is 0.333. The third-order valence-corrected chi connectivity index (χ3v) is 7.43. The molecule has 0 amide bonds. The van der Waals surface area contributed by atoms with E-state index in [1.807, 2.05) is 7.05 Å². The molecule has 1 aromatic carbocycles. The van der Waals surface area contributed by atoms with Gasteiger partial charge in [0, 0.05) is 44.0 Å². The van der Waals surface area contributed by atoms with Gasteiger partial charge in [-0.15, -0.1) is 0 Å². The van der Waals surface area contributed by atoms with Gasteiger partial charge in [0.15, 0.2) is 5.65 Å². The molecule has 3 aromatic rings. The maximum atomic E-state index is 13.1. The van der Waals surface area contributed by atoms with E-state index in [2.05, 4.69) is 28.2 Å². The topological polar surface area (TPSA) is 91.0 Å². The summed E-state index contributed by atoms with van der Waals surface area (Å²) in [5.74, 6) is 0.463. The van der Waals surface area contributed by atoms with Gasteiger partial charge in [0.25, 0.3) is 10.0 Å². The quantitative estimate of drug-likeness (QED) is 0.696. The predicted octanol–water partition coefficient (Wildman–Crippen LogP) is 2.58. The highest BCUT2D eigenvalue weighted by Crippen LogP contribution is 2.34. The van der Waals surface area contributed by atoms with Crippen molar-refractivity contribution in [3.63, 3.8) is 0 Å². The Morgan fingerprint density at radius 1 is 1.28 bits per heavy atom.